The van der Waals surface area contributed by atoms with E-state index < -0.39 is 17.2 Å². The Morgan fingerprint density at radius 1 is 1.32 bits per heavy atom. The van der Waals surface area contributed by atoms with E-state index in [-0.39, 0.29) is 11.3 Å². The molecule has 6 heteroatoms. The van der Waals surface area contributed by atoms with Crippen molar-refractivity contribution in [1.29, 1.82) is 0 Å². The van der Waals surface area contributed by atoms with E-state index in [1.54, 1.807) is 16.7 Å². The van der Waals surface area contributed by atoms with Crippen molar-refractivity contribution in [3.63, 3.8) is 0 Å². The number of amides is 1. The summed E-state index contributed by atoms with van der Waals surface area (Å²) in [5, 5.41) is -0.150. The number of hydrogen-bond donors (Lipinski definition) is 0. The minimum absolute atomic E-state index is 0.150. The average molecular weight is 329 g/mol. The van der Waals surface area contributed by atoms with Crippen LogP contribution in [0, 0.1) is 11.6 Å². The Morgan fingerprint density at radius 3 is 2.73 bits per heavy atom. The van der Waals surface area contributed by atoms with Gasteiger partial charge in [0, 0.05) is 29.7 Å². The number of halogens is 2. The molecule has 0 aromatic heterocycles. The summed E-state index contributed by atoms with van der Waals surface area (Å²) in [6, 6.07) is 3.52. The topological polar surface area (TPSA) is 29.5 Å². The molecule has 1 amide bonds. The van der Waals surface area contributed by atoms with Crippen molar-refractivity contribution in [3.05, 3.63) is 35.4 Å². The fourth-order valence-corrected chi connectivity index (χ4v) is 3.53. The van der Waals surface area contributed by atoms with Gasteiger partial charge in [-0.05, 0) is 45.4 Å². The molecule has 122 valence electrons. The van der Waals surface area contributed by atoms with Crippen LogP contribution in [-0.4, -0.2) is 35.4 Å². The van der Waals surface area contributed by atoms with Gasteiger partial charge in [0.1, 0.15) is 17.2 Å². The lowest BCUT2D eigenvalue weighted by Gasteiger charge is -2.26. The Hall–Kier alpha value is -1.30. The van der Waals surface area contributed by atoms with Crippen LogP contribution in [0.15, 0.2) is 18.2 Å². The van der Waals surface area contributed by atoms with E-state index in [9.17, 15) is 13.6 Å². The highest BCUT2D eigenvalue weighted by molar-refractivity contribution is 7.99. The number of ether oxygens (including phenoxy) is 1. The first-order valence-corrected chi connectivity index (χ1v) is 8.35. The van der Waals surface area contributed by atoms with E-state index in [1.807, 2.05) is 20.8 Å². The first-order valence-electron chi connectivity index (χ1n) is 7.31. The largest absolute Gasteiger partial charge is 0.444 e. The Morgan fingerprint density at radius 2 is 2.05 bits per heavy atom. The molecule has 1 aromatic carbocycles. The van der Waals surface area contributed by atoms with E-state index in [0.717, 1.165) is 12.1 Å². The van der Waals surface area contributed by atoms with Crippen molar-refractivity contribution in [2.45, 2.75) is 38.0 Å². The maximum absolute atomic E-state index is 13.9. The van der Waals surface area contributed by atoms with E-state index in [4.69, 9.17) is 4.74 Å². The summed E-state index contributed by atoms with van der Waals surface area (Å²) in [6.45, 7) is 6.49. The molecule has 0 radical (unpaired) electrons. The molecule has 22 heavy (non-hydrogen) atoms. The second-order valence-corrected chi connectivity index (χ2v) is 7.59. The highest BCUT2D eigenvalue weighted by Gasteiger charge is 2.27. The number of carbonyl (C=O) groups excluding carboxylic acids is 1. The monoisotopic (exact) mass is 329 g/mol. The summed E-state index contributed by atoms with van der Waals surface area (Å²) in [6.07, 6.45) is 0.220. The molecule has 1 aliphatic rings. The normalized spacial score (nSPS) is 19.7. The zero-order valence-corrected chi connectivity index (χ0v) is 13.9. The Balaban J connectivity index is 2.03. The molecular weight excluding hydrogens is 308 g/mol. The first kappa shape index (κ1) is 17.1. The molecule has 1 atom stereocenters. The minimum atomic E-state index is -0.537. The molecule has 1 saturated heterocycles. The van der Waals surface area contributed by atoms with Gasteiger partial charge in [-0.2, -0.15) is 11.8 Å². The smallest absolute Gasteiger partial charge is 0.410 e. The predicted octanol–water partition coefficient (Wildman–Crippen LogP) is 4.38. The van der Waals surface area contributed by atoms with E-state index in [1.165, 1.54) is 6.07 Å². The van der Waals surface area contributed by atoms with Crippen LogP contribution >= 0.6 is 11.8 Å². The summed E-state index contributed by atoms with van der Waals surface area (Å²) >= 11 is 1.54. The number of hydrogen-bond acceptors (Lipinski definition) is 3. The van der Waals surface area contributed by atoms with Gasteiger partial charge in [-0.25, -0.2) is 13.6 Å². The summed E-state index contributed by atoms with van der Waals surface area (Å²) in [4.78, 5) is 13.7. The Bertz CT molecular complexity index is 545. The molecular formula is C16H21F2NO2S. The minimum Gasteiger partial charge on any atom is -0.444 e. The zero-order chi connectivity index (χ0) is 16.3. The summed E-state index contributed by atoms with van der Waals surface area (Å²) in [5.41, 5.74) is -0.166. The number of benzene rings is 1. The van der Waals surface area contributed by atoms with Crippen LogP contribution in [0.3, 0.4) is 0 Å². The van der Waals surface area contributed by atoms with Gasteiger partial charge >= 0.3 is 6.09 Å². The summed E-state index contributed by atoms with van der Waals surface area (Å²) in [5.74, 6) is -0.172. The number of thioether (sulfide) groups is 1. The third kappa shape index (κ3) is 4.60. The van der Waals surface area contributed by atoms with Gasteiger partial charge in [0.05, 0.1) is 0 Å². The molecule has 0 spiro atoms. The highest BCUT2D eigenvalue weighted by Crippen LogP contribution is 2.36. The van der Waals surface area contributed by atoms with Crippen molar-refractivity contribution < 1.29 is 18.3 Å². The molecule has 1 aliphatic heterocycles. The van der Waals surface area contributed by atoms with Crippen LogP contribution in [0.25, 0.3) is 0 Å². The van der Waals surface area contributed by atoms with Crippen LogP contribution in [0.5, 0.6) is 0 Å². The van der Waals surface area contributed by atoms with Crippen LogP contribution in [0.1, 0.15) is 38.0 Å². The fourth-order valence-electron chi connectivity index (χ4n) is 2.29. The second-order valence-electron chi connectivity index (χ2n) is 6.28. The van der Waals surface area contributed by atoms with Crippen molar-refractivity contribution in [1.82, 2.24) is 4.90 Å². The van der Waals surface area contributed by atoms with E-state index in [0.29, 0.717) is 30.8 Å². The fraction of sp³-hybridized carbons (Fsp3) is 0.562. The molecule has 0 saturated carbocycles. The van der Waals surface area contributed by atoms with Gasteiger partial charge in [0.25, 0.3) is 0 Å². The van der Waals surface area contributed by atoms with Gasteiger partial charge in [-0.15, -0.1) is 0 Å². The second kappa shape index (κ2) is 6.86. The van der Waals surface area contributed by atoms with Gasteiger partial charge in [0.2, 0.25) is 0 Å². The van der Waals surface area contributed by atoms with Crippen molar-refractivity contribution in [3.8, 4) is 0 Å². The van der Waals surface area contributed by atoms with Gasteiger partial charge in [-0.1, -0.05) is 0 Å². The van der Waals surface area contributed by atoms with Gasteiger partial charge < -0.3 is 9.64 Å². The first-order chi connectivity index (χ1) is 10.3. The lowest BCUT2D eigenvalue weighted by Crippen LogP contribution is -2.38. The molecule has 1 aromatic rings. The van der Waals surface area contributed by atoms with Crippen LogP contribution in [0.2, 0.25) is 0 Å². The molecule has 2 rings (SSSR count). The van der Waals surface area contributed by atoms with Gasteiger partial charge in [-0.3, -0.25) is 0 Å². The zero-order valence-electron chi connectivity index (χ0n) is 13.1. The number of rotatable bonds is 1. The Kier molecular flexibility index (Phi) is 5.32. The van der Waals surface area contributed by atoms with Crippen molar-refractivity contribution >= 4 is 17.9 Å². The van der Waals surface area contributed by atoms with E-state index >= 15 is 0 Å². The number of carbonyl (C=O) groups is 1. The average Bonchev–Trinajstić information content (AvgIpc) is 2.65. The molecule has 0 bridgehead atoms. The lowest BCUT2D eigenvalue weighted by molar-refractivity contribution is 0.0263. The SMILES string of the molecule is CC(C)(C)OC(=O)N1CCSC(c2cc(F)ccc2F)CC1. The quantitative estimate of drug-likeness (QED) is 0.766. The van der Waals surface area contributed by atoms with Crippen LogP contribution in [0.4, 0.5) is 13.6 Å². The molecule has 1 unspecified atom stereocenters. The van der Waals surface area contributed by atoms with Crippen LogP contribution < -0.4 is 0 Å². The standard InChI is InChI=1S/C16H21F2NO2S/c1-16(2,3)21-15(20)19-7-6-14(22-9-8-19)12-10-11(17)4-5-13(12)18/h4-5,10,14H,6-9H2,1-3H3. The van der Waals surface area contributed by atoms with Gasteiger partial charge in [0.15, 0.2) is 0 Å². The van der Waals surface area contributed by atoms with Crippen LogP contribution in [-0.2, 0) is 4.74 Å². The number of nitrogens with zero attached hydrogens (tertiary/aromatic N) is 1. The van der Waals surface area contributed by atoms with Crippen molar-refractivity contribution in [2.24, 2.45) is 0 Å². The molecule has 0 N–H and O–H groups in total. The molecule has 1 heterocycles. The summed E-state index contributed by atoms with van der Waals surface area (Å²) in [7, 11) is 0. The lowest BCUT2D eigenvalue weighted by atomic mass is 10.1. The molecule has 0 aliphatic carbocycles. The Labute approximate surface area is 134 Å². The predicted molar refractivity (Wildman–Crippen MR) is 84.0 cm³/mol. The van der Waals surface area contributed by atoms with E-state index in [2.05, 4.69) is 0 Å². The third-order valence-corrected chi connectivity index (χ3v) is 4.61. The highest BCUT2D eigenvalue weighted by atomic mass is 32.2. The third-order valence-electron chi connectivity index (χ3n) is 3.30. The maximum Gasteiger partial charge on any atom is 0.410 e. The molecule has 3 nitrogen and oxygen atoms in total. The maximum atomic E-state index is 13.9. The van der Waals surface area contributed by atoms with Crippen molar-refractivity contribution in [2.75, 3.05) is 18.8 Å². The molecule has 1 fully saturated rings. The summed E-state index contributed by atoms with van der Waals surface area (Å²) < 4.78 is 32.6.